The van der Waals surface area contributed by atoms with Gasteiger partial charge >= 0.3 is 0 Å². The van der Waals surface area contributed by atoms with Crippen molar-refractivity contribution < 1.29 is 9.53 Å². The number of rotatable bonds is 4. The van der Waals surface area contributed by atoms with Crippen LogP contribution < -0.4 is 10.5 Å². The third-order valence-corrected chi connectivity index (χ3v) is 4.54. The molecule has 0 radical (unpaired) electrons. The highest BCUT2D eigenvalue weighted by Crippen LogP contribution is 2.27. The summed E-state index contributed by atoms with van der Waals surface area (Å²) in [7, 11) is 0. The third kappa shape index (κ3) is 3.98. The monoisotopic (exact) mass is 354 g/mol. The van der Waals surface area contributed by atoms with Crippen LogP contribution in [0.5, 0.6) is 5.75 Å². The van der Waals surface area contributed by atoms with Crippen molar-refractivity contribution in [1.29, 1.82) is 0 Å². The number of piperidine rings is 1. The van der Waals surface area contributed by atoms with Gasteiger partial charge in [-0.2, -0.15) is 0 Å². The molecule has 1 amide bonds. The number of hydrogen-bond donors (Lipinski definition) is 1. The molecule has 2 atom stereocenters. The van der Waals surface area contributed by atoms with Crippen LogP contribution in [-0.2, 0) is 4.79 Å². The fourth-order valence-corrected chi connectivity index (χ4v) is 3.30. The van der Waals surface area contributed by atoms with Crippen LogP contribution in [0.4, 0.5) is 0 Å². The van der Waals surface area contributed by atoms with E-state index in [1.54, 1.807) is 6.92 Å². The molecule has 2 unspecified atom stereocenters. The molecule has 2 rings (SSSR count). The zero-order chi connectivity index (χ0) is 15.4. The maximum atomic E-state index is 12.6. The van der Waals surface area contributed by atoms with Crippen molar-refractivity contribution in [3.05, 3.63) is 28.2 Å². The second-order valence-electron chi connectivity index (χ2n) is 5.61. The Morgan fingerprint density at radius 2 is 2.29 bits per heavy atom. The number of aryl methyl sites for hydroxylation is 1. The first-order chi connectivity index (χ1) is 10.0. The number of carbonyl (C=O) groups excluding carboxylic acids is 1. The van der Waals surface area contributed by atoms with Gasteiger partial charge in [-0.05, 0) is 66.7 Å². The summed E-state index contributed by atoms with van der Waals surface area (Å²) in [5, 5.41) is 0. The zero-order valence-corrected chi connectivity index (χ0v) is 14.2. The fourth-order valence-electron chi connectivity index (χ4n) is 2.71. The van der Waals surface area contributed by atoms with Gasteiger partial charge in [-0.3, -0.25) is 4.79 Å². The summed E-state index contributed by atoms with van der Waals surface area (Å²) < 4.78 is 6.70. The average Bonchev–Trinajstić information content (AvgIpc) is 2.49. The number of halogens is 1. The van der Waals surface area contributed by atoms with E-state index >= 15 is 0 Å². The molecule has 116 valence electrons. The van der Waals surface area contributed by atoms with Crippen molar-refractivity contribution >= 4 is 21.8 Å². The minimum atomic E-state index is -0.504. The molecule has 4 nitrogen and oxygen atoms in total. The summed E-state index contributed by atoms with van der Waals surface area (Å²) >= 11 is 3.48. The molecular formula is C16H23BrN2O2. The van der Waals surface area contributed by atoms with Gasteiger partial charge in [0.05, 0.1) is 4.47 Å². The summed E-state index contributed by atoms with van der Waals surface area (Å²) in [5.41, 5.74) is 6.93. The normalized spacial score (nSPS) is 20.2. The van der Waals surface area contributed by atoms with Gasteiger partial charge in [-0.25, -0.2) is 0 Å². The van der Waals surface area contributed by atoms with E-state index in [1.807, 2.05) is 30.0 Å². The summed E-state index contributed by atoms with van der Waals surface area (Å²) in [4.78, 5) is 14.5. The highest BCUT2D eigenvalue weighted by molar-refractivity contribution is 9.10. The molecule has 0 aromatic heterocycles. The average molecular weight is 355 g/mol. The maximum Gasteiger partial charge on any atom is 0.263 e. The highest BCUT2D eigenvalue weighted by atomic mass is 79.9. The van der Waals surface area contributed by atoms with Gasteiger partial charge in [0.25, 0.3) is 5.91 Å². The number of nitrogens with zero attached hydrogens (tertiary/aromatic N) is 1. The van der Waals surface area contributed by atoms with Gasteiger partial charge in [0, 0.05) is 19.1 Å². The van der Waals surface area contributed by atoms with Crippen LogP contribution in [-0.4, -0.2) is 36.0 Å². The van der Waals surface area contributed by atoms with E-state index < -0.39 is 6.10 Å². The number of nitrogens with two attached hydrogens (primary N) is 1. The van der Waals surface area contributed by atoms with Crippen LogP contribution in [0.15, 0.2) is 22.7 Å². The quantitative estimate of drug-likeness (QED) is 0.904. The number of amides is 1. The molecule has 0 aliphatic carbocycles. The number of benzene rings is 1. The molecule has 1 aliphatic heterocycles. The van der Waals surface area contributed by atoms with Gasteiger partial charge in [0.15, 0.2) is 6.10 Å². The second kappa shape index (κ2) is 7.27. The lowest BCUT2D eigenvalue weighted by Gasteiger charge is -2.36. The largest absolute Gasteiger partial charge is 0.480 e. The molecule has 0 saturated carbocycles. The molecular weight excluding hydrogens is 332 g/mol. The molecule has 1 aliphatic rings. The first kappa shape index (κ1) is 16.3. The summed E-state index contributed by atoms with van der Waals surface area (Å²) in [6, 6.07) is 6.00. The number of carbonyl (C=O) groups is 1. The number of likely N-dealkylation sites (tertiary alicyclic amines) is 1. The predicted octanol–water partition coefficient (Wildman–Crippen LogP) is 2.86. The Morgan fingerprint density at radius 3 is 2.95 bits per heavy atom. The minimum absolute atomic E-state index is 0.0256. The lowest BCUT2D eigenvalue weighted by Crippen LogP contribution is -2.51. The van der Waals surface area contributed by atoms with Crippen molar-refractivity contribution in [3.63, 3.8) is 0 Å². The molecule has 1 heterocycles. The molecule has 1 aromatic rings. The molecule has 1 fully saturated rings. The molecule has 0 spiro atoms. The van der Waals surface area contributed by atoms with Crippen molar-refractivity contribution in [1.82, 2.24) is 4.90 Å². The summed E-state index contributed by atoms with van der Waals surface area (Å²) in [5.74, 6) is 0.723. The summed E-state index contributed by atoms with van der Waals surface area (Å²) in [6.45, 7) is 5.12. The van der Waals surface area contributed by atoms with Crippen molar-refractivity contribution in [2.24, 2.45) is 5.73 Å². The van der Waals surface area contributed by atoms with Gasteiger partial charge < -0.3 is 15.4 Å². The molecule has 1 saturated heterocycles. The van der Waals surface area contributed by atoms with E-state index in [0.29, 0.717) is 12.3 Å². The van der Waals surface area contributed by atoms with Crippen LogP contribution in [0.3, 0.4) is 0 Å². The smallest absolute Gasteiger partial charge is 0.263 e. The Balaban J connectivity index is 2.04. The highest BCUT2D eigenvalue weighted by Gasteiger charge is 2.29. The van der Waals surface area contributed by atoms with Crippen LogP contribution in [0.2, 0.25) is 0 Å². The standard InChI is InChI=1S/C16H23BrN2O2/c1-11-6-7-15(14(17)9-11)21-12(2)16(20)19-8-4-3-5-13(19)10-18/h6-7,9,12-13H,3-5,8,10,18H2,1-2H3. The third-order valence-electron chi connectivity index (χ3n) is 3.92. The van der Waals surface area contributed by atoms with Crippen LogP contribution in [0.1, 0.15) is 31.7 Å². The van der Waals surface area contributed by atoms with E-state index in [4.69, 9.17) is 10.5 Å². The van der Waals surface area contributed by atoms with Crippen LogP contribution in [0.25, 0.3) is 0 Å². The van der Waals surface area contributed by atoms with Crippen molar-refractivity contribution in [2.45, 2.75) is 45.3 Å². The second-order valence-corrected chi connectivity index (χ2v) is 6.47. The Labute approximate surface area is 134 Å². The van der Waals surface area contributed by atoms with Gasteiger partial charge in [0.2, 0.25) is 0 Å². The predicted molar refractivity (Wildman–Crippen MR) is 87.4 cm³/mol. The first-order valence-corrected chi connectivity index (χ1v) is 8.25. The zero-order valence-electron chi connectivity index (χ0n) is 12.6. The van der Waals surface area contributed by atoms with E-state index in [1.165, 1.54) is 0 Å². The van der Waals surface area contributed by atoms with Crippen molar-refractivity contribution in [3.8, 4) is 5.75 Å². The maximum absolute atomic E-state index is 12.6. The topological polar surface area (TPSA) is 55.6 Å². The molecule has 21 heavy (non-hydrogen) atoms. The van der Waals surface area contributed by atoms with Crippen LogP contribution >= 0.6 is 15.9 Å². The lowest BCUT2D eigenvalue weighted by atomic mass is 10.0. The minimum Gasteiger partial charge on any atom is -0.480 e. The Kier molecular flexibility index (Phi) is 5.65. The van der Waals surface area contributed by atoms with E-state index in [-0.39, 0.29) is 11.9 Å². The van der Waals surface area contributed by atoms with Crippen LogP contribution in [0, 0.1) is 6.92 Å². The molecule has 0 bridgehead atoms. The fraction of sp³-hybridized carbons (Fsp3) is 0.562. The molecule has 2 N–H and O–H groups in total. The van der Waals surface area contributed by atoms with E-state index in [9.17, 15) is 4.79 Å². The molecule has 1 aromatic carbocycles. The van der Waals surface area contributed by atoms with Gasteiger partial charge in [-0.1, -0.05) is 6.07 Å². The molecule has 5 heteroatoms. The Morgan fingerprint density at radius 1 is 1.52 bits per heavy atom. The lowest BCUT2D eigenvalue weighted by molar-refractivity contribution is -0.141. The summed E-state index contributed by atoms with van der Waals surface area (Å²) in [6.07, 6.45) is 2.67. The first-order valence-electron chi connectivity index (χ1n) is 7.46. The Bertz CT molecular complexity index is 507. The van der Waals surface area contributed by atoms with Gasteiger partial charge in [-0.15, -0.1) is 0 Å². The SMILES string of the molecule is Cc1ccc(OC(C)C(=O)N2CCCCC2CN)c(Br)c1. The van der Waals surface area contributed by atoms with E-state index in [0.717, 1.165) is 35.8 Å². The van der Waals surface area contributed by atoms with Crippen molar-refractivity contribution in [2.75, 3.05) is 13.1 Å². The Hall–Kier alpha value is -1.07. The number of hydrogen-bond acceptors (Lipinski definition) is 3. The van der Waals surface area contributed by atoms with Gasteiger partial charge in [0.1, 0.15) is 5.75 Å². The van der Waals surface area contributed by atoms with E-state index in [2.05, 4.69) is 15.9 Å². The number of ether oxygens (including phenoxy) is 1.